The quantitative estimate of drug-likeness (QED) is 0.801. The second-order valence-electron chi connectivity index (χ2n) is 5.67. The van der Waals surface area contributed by atoms with Crippen LogP contribution in [-0.2, 0) is 4.74 Å². The molecule has 2 nitrogen and oxygen atoms in total. The summed E-state index contributed by atoms with van der Waals surface area (Å²) in [6.45, 7) is 3.24. The molecule has 0 radical (unpaired) electrons. The van der Waals surface area contributed by atoms with Crippen LogP contribution in [0.1, 0.15) is 58.3 Å². The first-order valence-corrected chi connectivity index (χ1v) is 7.09. The Morgan fingerprint density at radius 3 is 2.38 bits per heavy atom. The molecule has 1 aliphatic heterocycles. The van der Waals surface area contributed by atoms with E-state index < -0.39 is 0 Å². The number of rotatable bonds is 3. The van der Waals surface area contributed by atoms with Crippen molar-refractivity contribution in [1.82, 2.24) is 0 Å². The summed E-state index contributed by atoms with van der Waals surface area (Å²) >= 11 is 0. The van der Waals surface area contributed by atoms with E-state index in [0.717, 1.165) is 31.3 Å². The van der Waals surface area contributed by atoms with Gasteiger partial charge in [0.05, 0.1) is 12.2 Å². The molecule has 0 aromatic rings. The van der Waals surface area contributed by atoms with Gasteiger partial charge in [0, 0.05) is 6.61 Å². The summed E-state index contributed by atoms with van der Waals surface area (Å²) in [4.78, 5) is 0. The number of aliphatic hydroxyl groups is 1. The van der Waals surface area contributed by atoms with E-state index >= 15 is 0 Å². The molecule has 0 aromatic heterocycles. The Bertz CT molecular complexity index is 189. The molecule has 16 heavy (non-hydrogen) atoms. The van der Waals surface area contributed by atoms with Gasteiger partial charge >= 0.3 is 0 Å². The molecule has 1 saturated carbocycles. The molecule has 0 aromatic carbocycles. The van der Waals surface area contributed by atoms with Crippen LogP contribution in [0.15, 0.2) is 0 Å². The maximum Gasteiger partial charge on any atom is 0.0603 e. The number of hydrogen-bond donors (Lipinski definition) is 1. The van der Waals surface area contributed by atoms with Gasteiger partial charge in [-0.15, -0.1) is 0 Å². The zero-order valence-corrected chi connectivity index (χ0v) is 10.5. The van der Waals surface area contributed by atoms with Crippen molar-refractivity contribution in [1.29, 1.82) is 0 Å². The molecule has 94 valence electrons. The average molecular weight is 226 g/mol. The maximum atomic E-state index is 9.50. The first-order chi connectivity index (χ1) is 7.79. The fourth-order valence-corrected chi connectivity index (χ4v) is 3.31. The Labute approximate surface area is 99.4 Å². The average Bonchev–Trinajstić information content (AvgIpc) is 2.32. The highest BCUT2D eigenvalue weighted by Gasteiger charge is 2.30. The van der Waals surface area contributed by atoms with Crippen LogP contribution in [0.4, 0.5) is 0 Å². The predicted molar refractivity (Wildman–Crippen MR) is 65.3 cm³/mol. The van der Waals surface area contributed by atoms with Crippen LogP contribution in [0.3, 0.4) is 0 Å². The summed E-state index contributed by atoms with van der Waals surface area (Å²) in [6.07, 6.45) is 10.0. The molecule has 0 amide bonds. The van der Waals surface area contributed by atoms with E-state index in [4.69, 9.17) is 4.74 Å². The highest BCUT2D eigenvalue weighted by molar-refractivity contribution is 4.81. The highest BCUT2D eigenvalue weighted by atomic mass is 16.5. The summed E-state index contributed by atoms with van der Waals surface area (Å²) < 4.78 is 6.04. The van der Waals surface area contributed by atoms with Gasteiger partial charge in [0.25, 0.3) is 0 Å². The SMILES string of the molecule is CCCC1CCC(C2CCC(O)CC2)OC1. The van der Waals surface area contributed by atoms with Gasteiger partial charge < -0.3 is 9.84 Å². The second-order valence-corrected chi connectivity index (χ2v) is 5.67. The van der Waals surface area contributed by atoms with Crippen LogP contribution >= 0.6 is 0 Å². The lowest BCUT2D eigenvalue weighted by Gasteiger charge is -2.36. The molecule has 2 fully saturated rings. The summed E-state index contributed by atoms with van der Waals surface area (Å²) in [5.41, 5.74) is 0. The number of ether oxygens (including phenoxy) is 1. The van der Waals surface area contributed by atoms with E-state index in [2.05, 4.69) is 6.92 Å². The van der Waals surface area contributed by atoms with Crippen molar-refractivity contribution in [2.24, 2.45) is 11.8 Å². The van der Waals surface area contributed by atoms with Crippen LogP contribution in [0.5, 0.6) is 0 Å². The molecular formula is C14H26O2. The highest BCUT2D eigenvalue weighted by Crippen LogP contribution is 2.34. The number of hydrogen-bond acceptors (Lipinski definition) is 2. The van der Waals surface area contributed by atoms with Gasteiger partial charge in [-0.25, -0.2) is 0 Å². The lowest BCUT2D eigenvalue weighted by molar-refractivity contribution is -0.0641. The Hall–Kier alpha value is -0.0800. The van der Waals surface area contributed by atoms with Crippen molar-refractivity contribution in [3.8, 4) is 0 Å². The molecule has 2 rings (SSSR count). The second kappa shape index (κ2) is 6.02. The fraction of sp³-hybridized carbons (Fsp3) is 1.00. The zero-order chi connectivity index (χ0) is 11.4. The summed E-state index contributed by atoms with van der Waals surface area (Å²) in [5, 5.41) is 9.50. The van der Waals surface area contributed by atoms with Crippen LogP contribution < -0.4 is 0 Å². The van der Waals surface area contributed by atoms with Gasteiger partial charge in [-0.05, 0) is 56.8 Å². The molecule has 2 heteroatoms. The van der Waals surface area contributed by atoms with E-state index in [9.17, 15) is 5.11 Å². The standard InChI is InChI=1S/C14H26O2/c1-2-3-11-4-9-14(16-10-11)12-5-7-13(15)8-6-12/h11-15H,2-10H2,1H3. The molecule has 2 aliphatic rings. The normalized spacial score (nSPS) is 40.9. The van der Waals surface area contributed by atoms with E-state index in [0.29, 0.717) is 6.10 Å². The lowest BCUT2D eigenvalue weighted by atomic mass is 9.80. The summed E-state index contributed by atoms with van der Waals surface area (Å²) in [7, 11) is 0. The van der Waals surface area contributed by atoms with Crippen molar-refractivity contribution in [3.05, 3.63) is 0 Å². The van der Waals surface area contributed by atoms with Crippen molar-refractivity contribution < 1.29 is 9.84 Å². The van der Waals surface area contributed by atoms with E-state index in [1.165, 1.54) is 38.5 Å². The molecule has 1 heterocycles. The van der Waals surface area contributed by atoms with Crippen molar-refractivity contribution >= 4 is 0 Å². The first kappa shape index (κ1) is 12.4. The van der Waals surface area contributed by atoms with Gasteiger partial charge in [0.2, 0.25) is 0 Å². The van der Waals surface area contributed by atoms with Crippen LogP contribution in [0.2, 0.25) is 0 Å². The topological polar surface area (TPSA) is 29.5 Å². The van der Waals surface area contributed by atoms with Crippen LogP contribution in [0, 0.1) is 11.8 Å². The third-order valence-electron chi connectivity index (χ3n) is 4.37. The van der Waals surface area contributed by atoms with Crippen LogP contribution in [0.25, 0.3) is 0 Å². The Balaban J connectivity index is 1.72. The largest absolute Gasteiger partial charge is 0.393 e. The molecule has 0 bridgehead atoms. The predicted octanol–water partition coefficient (Wildman–Crippen LogP) is 3.13. The minimum absolute atomic E-state index is 0.0346. The molecular weight excluding hydrogens is 200 g/mol. The minimum Gasteiger partial charge on any atom is -0.393 e. The minimum atomic E-state index is -0.0346. The van der Waals surface area contributed by atoms with Crippen molar-refractivity contribution in [2.45, 2.75) is 70.5 Å². The van der Waals surface area contributed by atoms with E-state index in [1.807, 2.05) is 0 Å². The Morgan fingerprint density at radius 2 is 1.81 bits per heavy atom. The first-order valence-electron chi connectivity index (χ1n) is 7.09. The maximum absolute atomic E-state index is 9.50. The van der Waals surface area contributed by atoms with Crippen LogP contribution in [-0.4, -0.2) is 23.9 Å². The van der Waals surface area contributed by atoms with Crippen molar-refractivity contribution in [2.75, 3.05) is 6.61 Å². The summed E-state index contributed by atoms with van der Waals surface area (Å²) in [6, 6.07) is 0. The molecule has 1 aliphatic carbocycles. The molecule has 1 saturated heterocycles. The molecule has 2 atom stereocenters. The fourth-order valence-electron chi connectivity index (χ4n) is 3.31. The van der Waals surface area contributed by atoms with E-state index in [-0.39, 0.29) is 6.10 Å². The summed E-state index contributed by atoms with van der Waals surface area (Å²) in [5.74, 6) is 1.54. The Kier molecular flexibility index (Phi) is 4.66. The lowest BCUT2D eigenvalue weighted by Crippen LogP contribution is -2.34. The van der Waals surface area contributed by atoms with Gasteiger partial charge in [0.15, 0.2) is 0 Å². The monoisotopic (exact) mass is 226 g/mol. The van der Waals surface area contributed by atoms with E-state index in [1.54, 1.807) is 0 Å². The third kappa shape index (κ3) is 3.21. The van der Waals surface area contributed by atoms with Crippen molar-refractivity contribution in [3.63, 3.8) is 0 Å². The van der Waals surface area contributed by atoms with Gasteiger partial charge in [0.1, 0.15) is 0 Å². The van der Waals surface area contributed by atoms with Gasteiger partial charge in [-0.1, -0.05) is 13.3 Å². The number of aliphatic hydroxyl groups excluding tert-OH is 1. The molecule has 1 N–H and O–H groups in total. The smallest absolute Gasteiger partial charge is 0.0603 e. The van der Waals surface area contributed by atoms with Gasteiger partial charge in [-0.3, -0.25) is 0 Å². The Morgan fingerprint density at radius 1 is 1.06 bits per heavy atom. The van der Waals surface area contributed by atoms with Gasteiger partial charge in [-0.2, -0.15) is 0 Å². The zero-order valence-electron chi connectivity index (χ0n) is 10.5. The third-order valence-corrected chi connectivity index (χ3v) is 4.37. The molecule has 2 unspecified atom stereocenters. The molecule has 0 spiro atoms.